The molecule has 0 aliphatic carbocycles. The molecule has 0 heterocycles. The van der Waals surface area contributed by atoms with E-state index in [4.69, 9.17) is 5.11 Å². The monoisotopic (exact) mass is 229 g/mol. The first-order valence-corrected chi connectivity index (χ1v) is 3.82. The summed E-state index contributed by atoms with van der Waals surface area (Å²) in [7, 11) is 0. The van der Waals surface area contributed by atoms with Gasteiger partial charge in [0.2, 0.25) is 0 Å². The van der Waals surface area contributed by atoms with Gasteiger partial charge in [-0.25, -0.2) is 4.79 Å². The summed E-state index contributed by atoms with van der Waals surface area (Å²) in [5, 5.41) is 10.3. The summed E-state index contributed by atoms with van der Waals surface area (Å²) in [6, 6.07) is 0. The van der Waals surface area contributed by atoms with Crippen molar-refractivity contribution in [3.05, 3.63) is 0 Å². The zero-order valence-corrected chi connectivity index (χ0v) is 6.51. The van der Waals surface area contributed by atoms with Gasteiger partial charge in [0.25, 0.3) is 0 Å². The van der Waals surface area contributed by atoms with E-state index >= 15 is 0 Å². The first-order chi connectivity index (χ1) is 3.77. The number of rotatable bonds is 3. The second-order valence-corrected chi connectivity index (χ2v) is 2.35. The minimum Gasteiger partial charge on any atom is -0.465 e. The third-order valence-corrected chi connectivity index (χ3v) is 1.35. The predicted molar refractivity (Wildman–Crippen MR) is 39.5 cm³/mol. The van der Waals surface area contributed by atoms with E-state index in [9.17, 15) is 4.79 Å². The molecule has 0 radical (unpaired) electrons. The summed E-state index contributed by atoms with van der Waals surface area (Å²) in [6.45, 7) is 0.568. The molecule has 4 heteroatoms. The molecule has 0 unspecified atom stereocenters. The first kappa shape index (κ1) is 8.00. The summed E-state index contributed by atoms with van der Waals surface area (Å²) >= 11 is 2.20. The number of nitrogens with one attached hydrogen (secondary N) is 1. The zero-order chi connectivity index (χ0) is 6.41. The van der Waals surface area contributed by atoms with Crippen LogP contribution in [-0.2, 0) is 0 Å². The molecule has 3 nitrogen and oxygen atoms in total. The maximum atomic E-state index is 9.76. The zero-order valence-electron chi connectivity index (χ0n) is 4.35. The topological polar surface area (TPSA) is 49.3 Å². The van der Waals surface area contributed by atoms with E-state index in [1.165, 1.54) is 0 Å². The molecule has 8 heavy (non-hydrogen) atoms. The summed E-state index contributed by atoms with van der Waals surface area (Å²) in [5.74, 6) is 0. The molecule has 0 saturated carbocycles. The normalized spacial score (nSPS) is 8.62. The number of carbonyl (C=O) groups is 1. The van der Waals surface area contributed by atoms with Crippen LogP contribution in [0, 0.1) is 0 Å². The fourth-order valence-corrected chi connectivity index (χ4v) is 0.644. The van der Waals surface area contributed by atoms with E-state index in [1.807, 2.05) is 0 Å². The van der Waals surface area contributed by atoms with Gasteiger partial charge in [0.15, 0.2) is 0 Å². The van der Waals surface area contributed by atoms with Crippen molar-refractivity contribution in [2.24, 2.45) is 0 Å². The summed E-state index contributed by atoms with van der Waals surface area (Å²) < 4.78 is 0.998. The Morgan fingerprint density at radius 2 is 2.38 bits per heavy atom. The van der Waals surface area contributed by atoms with Crippen LogP contribution in [0.25, 0.3) is 0 Å². The molecular formula is C4H8INO2. The highest BCUT2D eigenvalue weighted by Crippen LogP contribution is 1.84. The molecule has 0 aromatic heterocycles. The highest BCUT2D eigenvalue weighted by molar-refractivity contribution is 14.1. The molecule has 0 aromatic carbocycles. The van der Waals surface area contributed by atoms with Gasteiger partial charge >= 0.3 is 6.09 Å². The minimum absolute atomic E-state index is 0.568. The van der Waals surface area contributed by atoms with Crippen LogP contribution in [0.3, 0.4) is 0 Å². The van der Waals surface area contributed by atoms with Crippen molar-refractivity contribution in [2.45, 2.75) is 6.42 Å². The molecule has 0 fully saturated rings. The second kappa shape index (κ2) is 5.14. The Morgan fingerprint density at radius 1 is 1.75 bits per heavy atom. The van der Waals surface area contributed by atoms with Crippen molar-refractivity contribution in [3.63, 3.8) is 0 Å². The maximum absolute atomic E-state index is 9.76. The van der Waals surface area contributed by atoms with Crippen molar-refractivity contribution >= 4 is 28.7 Å². The van der Waals surface area contributed by atoms with E-state index in [0.717, 1.165) is 10.8 Å². The van der Waals surface area contributed by atoms with Crippen LogP contribution < -0.4 is 5.32 Å². The van der Waals surface area contributed by atoms with Gasteiger partial charge < -0.3 is 10.4 Å². The standard InChI is InChI=1S/C4H8INO2/c5-2-1-3-6-4(7)8/h6H,1-3H2,(H,7,8). The number of alkyl halides is 1. The number of hydrogen-bond donors (Lipinski definition) is 2. The Bertz CT molecular complexity index is 76.4. The third kappa shape index (κ3) is 6.00. The predicted octanol–water partition coefficient (Wildman–Crippen LogP) is 1.08. The Hall–Kier alpha value is 0. The third-order valence-electron chi connectivity index (χ3n) is 0.587. The lowest BCUT2D eigenvalue weighted by Crippen LogP contribution is -2.21. The van der Waals surface area contributed by atoms with Gasteiger partial charge in [-0.2, -0.15) is 0 Å². The molecule has 0 aliphatic heterocycles. The highest BCUT2D eigenvalue weighted by atomic mass is 127. The average Bonchev–Trinajstić information content (AvgIpc) is 1.66. The fourth-order valence-electron chi connectivity index (χ4n) is 0.262. The van der Waals surface area contributed by atoms with Crippen LogP contribution >= 0.6 is 22.6 Å². The fraction of sp³-hybridized carbons (Fsp3) is 0.750. The lowest BCUT2D eigenvalue weighted by atomic mass is 10.5. The van der Waals surface area contributed by atoms with Gasteiger partial charge in [0.05, 0.1) is 0 Å². The summed E-state index contributed by atoms with van der Waals surface area (Å²) in [5.41, 5.74) is 0. The number of amides is 1. The van der Waals surface area contributed by atoms with Crippen LogP contribution in [0.1, 0.15) is 6.42 Å². The largest absolute Gasteiger partial charge is 0.465 e. The Morgan fingerprint density at radius 3 is 2.75 bits per heavy atom. The van der Waals surface area contributed by atoms with Gasteiger partial charge in [-0.05, 0) is 6.42 Å². The molecule has 0 aliphatic rings. The molecule has 0 rings (SSSR count). The molecule has 0 atom stereocenters. The summed E-state index contributed by atoms with van der Waals surface area (Å²) in [4.78, 5) is 9.76. The molecule has 0 spiro atoms. The maximum Gasteiger partial charge on any atom is 0.404 e. The van der Waals surface area contributed by atoms with Crippen molar-refractivity contribution in [1.82, 2.24) is 5.32 Å². The lowest BCUT2D eigenvalue weighted by Gasteiger charge is -1.94. The van der Waals surface area contributed by atoms with Crippen molar-refractivity contribution in [1.29, 1.82) is 0 Å². The van der Waals surface area contributed by atoms with E-state index in [0.29, 0.717) is 6.54 Å². The molecule has 2 N–H and O–H groups in total. The lowest BCUT2D eigenvalue weighted by molar-refractivity contribution is 0.194. The molecule has 48 valence electrons. The molecule has 0 aromatic rings. The Labute approximate surface area is 61.6 Å². The smallest absolute Gasteiger partial charge is 0.404 e. The number of carboxylic acid groups (broad SMARTS) is 1. The van der Waals surface area contributed by atoms with Gasteiger partial charge in [0.1, 0.15) is 0 Å². The highest BCUT2D eigenvalue weighted by Gasteiger charge is 1.89. The molecule has 0 bridgehead atoms. The van der Waals surface area contributed by atoms with E-state index in [2.05, 4.69) is 27.9 Å². The second-order valence-electron chi connectivity index (χ2n) is 1.27. The SMILES string of the molecule is O=C(O)NCCCI. The molecule has 1 amide bonds. The van der Waals surface area contributed by atoms with Crippen molar-refractivity contribution in [2.75, 3.05) is 11.0 Å². The van der Waals surface area contributed by atoms with Crippen molar-refractivity contribution in [3.8, 4) is 0 Å². The number of hydrogen-bond acceptors (Lipinski definition) is 1. The van der Waals surface area contributed by atoms with Crippen LogP contribution in [0.5, 0.6) is 0 Å². The molecular weight excluding hydrogens is 221 g/mol. The van der Waals surface area contributed by atoms with Crippen LogP contribution in [0.2, 0.25) is 0 Å². The summed E-state index contributed by atoms with van der Waals surface area (Å²) in [6.07, 6.45) is -0.0257. The van der Waals surface area contributed by atoms with Gasteiger partial charge in [0, 0.05) is 11.0 Å². The van der Waals surface area contributed by atoms with E-state index in [-0.39, 0.29) is 0 Å². The minimum atomic E-state index is -0.935. The Balaban J connectivity index is 2.82. The van der Waals surface area contributed by atoms with Crippen molar-refractivity contribution < 1.29 is 9.90 Å². The number of halogens is 1. The van der Waals surface area contributed by atoms with Gasteiger partial charge in [-0.1, -0.05) is 22.6 Å². The van der Waals surface area contributed by atoms with Crippen LogP contribution in [0.4, 0.5) is 4.79 Å². The first-order valence-electron chi connectivity index (χ1n) is 2.30. The van der Waals surface area contributed by atoms with Gasteiger partial charge in [-0.3, -0.25) is 0 Å². The average molecular weight is 229 g/mol. The van der Waals surface area contributed by atoms with E-state index in [1.54, 1.807) is 0 Å². The Kier molecular flexibility index (Phi) is 5.14. The van der Waals surface area contributed by atoms with Crippen LogP contribution in [-0.4, -0.2) is 22.2 Å². The van der Waals surface area contributed by atoms with Crippen LogP contribution in [0.15, 0.2) is 0 Å². The quantitative estimate of drug-likeness (QED) is 0.432. The molecule has 0 saturated heterocycles. The van der Waals surface area contributed by atoms with Gasteiger partial charge in [-0.15, -0.1) is 0 Å². The van der Waals surface area contributed by atoms with E-state index < -0.39 is 6.09 Å².